The van der Waals surface area contributed by atoms with Crippen LogP contribution in [0.5, 0.6) is 0 Å². The van der Waals surface area contributed by atoms with E-state index in [1.54, 1.807) is 11.3 Å². The number of methoxy groups -OCH3 is 1. The summed E-state index contributed by atoms with van der Waals surface area (Å²) in [6, 6.07) is 2.26. The van der Waals surface area contributed by atoms with Crippen molar-refractivity contribution in [3.8, 4) is 0 Å². The number of hydrogen-bond acceptors (Lipinski definition) is 4. The number of aryl methyl sites for hydroxylation is 1. The van der Waals surface area contributed by atoms with Gasteiger partial charge in [-0.3, -0.25) is 9.59 Å². The van der Waals surface area contributed by atoms with Gasteiger partial charge in [-0.1, -0.05) is 0 Å². The Hall–Kier alpha value is -1.36. The van der Waals surface area contributed by atoms with Gasteiger partial charge >= 0.3 is 5.97 Å². The highest BCUT2D eigenvalue weighted by atomic mass is 32.1. The molecule has 1 heterocycles. The average molecular weight is 281 g/mol. The predicted molar refractivity (Wildman–Crippen MR) is 74.0 cm³/mol. The van der Waals surface area contributed by atoms with Crippen molar-refractivity contribution in [1.29, 1.82) is 0 Å². The zero-order valence-corrected chi connectivity index (χ0v) is 11.9. The first-order valence-electron chi connectivity index (χ1n) is 6.63. The molecule has 2 rings (SSSR count). The molecule has 5 heteroatoms. The lowest BCUT2D eigenvalue weighted by molar-refractivity contribution is -0.140. The monoisotopic (exact) mass is 281 g/mol. The van der Waals surface area contributed by atoms with Gasteiger partial charge < -0.3 is 10.1 Å². The van der Waals surface area contributed by atoms with Crippen LogP contribution in [-0.2, 0) is 20.7 Å². The summed E-state index contributed by atoms with van der Waals surface area (Å²) < 4.78 is 4.55. The van der Waals surface area contributed by atoms with E-state index < -0.39 is 0 Å². The normalized spacial score (nSPS) is 17.6. The van der Waals surface area contributed by atoms with E-state index in [0.717, 1.165) is 19.3 Å². The van der Waals surface area contributed by atoms with E-state index in [2.05, 4.69) is 21.5 Å². The summed E-state index contributed by atoms with van der Waals surface area (Å²) in [6.45, 7) is 0. The van der Waals surface area contributed by atoms with Crippen molar-refractivity contribution in [2.45, 2.75) is 44.6 Å². The second-order valence-electron chi connectivity index (χ2n) is 4.74. The third-order valence-electron chi connectivity index (χ3n) is 3.40. The molecule has 1 aliphatic rings. The molecule has 1 amide bonds. The Morgan fingerprint density at radius 1 is 1.47 bits per heavy atom. The van der Waals surface area contributed by atoms with Crippen molar-refractivity contribution in [1.82, 2.24) is 5.32 Å². The van der Waals surface area contributed by atoms with E-state index in [4.69, 9.17) is 0 Å². The van der Waals surface area contributed by atoms with Gasteiger partial charge in [0, 0.05) is 17.7 Å². The Kier molecular flexibility index (Phi) is 4.96. The van der Waals surface area contributed by atoms with Gasteiger partial charge in [0.1, 0.15) is 0 Å². The molecule has 0 spiro atoms. The number of esters is 1. The maximum absolute atomic E-state index is 11.9. The Morgan fingerprint density at radius 2 is 2.32 bits per heavy atom. The summed E-state index contributed by atoms with van der Waals surface area (Å²) in [7, 11) is 1.36. The molecule has 1 N–H and O–H groups in total. The predicted octanol–water partition coefficient (Wildman–Crippen LogP) is 2.58. The molecule has 104 valence electrons. The molecule has 1 aromatic heterocycles. The van der Waals surface area contributed by atoms with Crippen LogP contribution in [0.15, 0.2) is 11.4 Å². The van der Waals surface area contributed by atoms with Gasteiger partial charge in [0.15, 0.2) is 0 Å². The molecule has 0 aliphatic heterocycles. The van der Waals surface area contributed by atoms with Crippen LogP contribution in [0.25, 0.3) is 0 Å². The summed E-state index contributed by atoms with van der Waals surface area (Å²) >= 11 is 1.77. The fourth-order valence-corrected chi connectivity index (χ4v) is 3.39. The molecule has 19 heavy (non-hydrogen) atoms. The summed E-state index contributed by atoms with van der Waals surface area (Å²) in [5.74, 6) is -0.237. The average Bonchev–Trinajstić information content (AvgIpc) is 2.88. The number of carbonyl (C=O) groups excluding carboxylic acids is 2. The van der Waals surface area contributed by atoms with Gasteiger partial charge in [0.25, 0.3) is 0 Å². The smallest absolute Gasteiger partial charge is 0.305 e. The highest BCUT2D eigenvalue weighted by Gasteiger charge is 2.22. The quantitative estimate of drug-likeness (QED) is 0.844. The molecule has 0 radical (unpaired) electrons. The zero-order valence-electron chi connectivity index (χ0n) is 11.1. The van der Waals surface area contributed by atoms with Crippen molar-refractivity contribution in [2.75, 3.05) is 7.11 Å². The van der Waals surface area contributed by atoms with Gasteiger partial charge in [0.05, 0.1) is 13.2 Å². The molecule has 0 unspecified atom stereocenters. The molecule has 1 atom stereocenters. The number of thiophene rings is 1. The van der Waals surface area contributed by atoms with E-state index in [1.807, 2.05) is 0 Å². The Balaban J connectivity index is 1.79. The standard InChI is InChI=1S/C14H19NO3S/c1-18-14(17)7-3-6-13(16)15-11-4-2-5-12-10(11)8-9-19-12/h8-9,11H,2-7H2,1H3,(H,15,16)/t11-/m0/s1. The lowest BCUT2D eigenvalue weighted by Gasteiger charge is -2.23. The summed E-state index contributed by atoms with van der Waals surface area (Å²) in [5, 5.41) is 5.16. The van der Waals surface area contributed by atoms with E-state index >= 15 is 0 Å². The van der Waals surface area contributed by atoms with Gasteiger partial charge in [-0.25, -0.2) is 0 Å². The Bertz CT molecular complexity index is 455. The molecule has 0 saturated carbocycles. The lowest BCUT2D eigenvalue weighted by Crippen LogP contribution is -2.30. The van der Waals surface area contributed by atoms with Gasteiger partial charge in [-0.15, -0.1) is 11.3 Å². The number of carbonyl (C=O) groups is 2. The molecule has 0 bridgehead atoms. The maximum atomic E-state index is 11.9. The van der Waals surface area contributed by atoms with E-state index in [9.17, 15) is 9.59 Å². The van der Waals surface area contributed by atoms with Crippen LogP contribution in [0.3, 0.4) is 0 Å². The van der Waals surface area contributed by atoms with Crippen molar-refractivity contribution < 1.29 is 14.3 Å². The molecular weight excluding hydrogens is 262 g/mol. The van der Waals surface area contributed by atoms with Crippen LogP contribution in [0.4, 0.5) is 0 Å². The number of rotatable bonds is 5. The molecule has 0 fully saturated rings. The molecule has 0 aromatic carbocycles. The minimum atomic E-state index is -0.259. The summed E-state index contributed by atoms with van der Waals surface area (Å²) in [6.07, 6.45) is 4.49. The van der Waals surface area contributed by atoms with Crippen molar-refractivity contribution in [2.24, 2.45) is 0 Å². The largest absolute Gasteiger partial charge is 0.469 e. The zero-order chi connectivity index (χ0) is 13.7. The number of nitrogens with one attached hydrogen (secondary N) is 1. The number of hydrogen-bond donors (Lipinski definition) is 1. The first kappa shape index (κ1) is 14.1. The molecule has 1 aromatic rings. The van der Waals surface area contributed by atoms with Gasteiger partial charge in [-0.2, -0.15) is 0 Å². The minimum absolute atomic E-state index is 0.0213. The first-order valence-corrected chi connectivity index (χ1v) is 7.51. The SMILES string of the molecule is COC(=O)CCCC(=O)N[C@H]1CCCc2sccc21. The number of amides is 1. The number of ether oxygens (including phenoxy) is 1. The molecule has 1 aliphatic carbocycles. The lowest BCUT2D eigenvalue weighted by atomic mass is 9.94. The van der Waals surface area contributed by atoms with E-state index in [1.165, 1.54) is 17.6 Å². The van der Waals surface area contributed by atoms with E-state index in [-0.39, 0.29) is 17.9 Å². The minimum Gasteiger partial charge on any atom is -0.469 e. The molecular formula is C14H19NO3S. The van der Waals surface area contributed by atoms with Crippen LogP contribution >= 0.6 is 11.3 Å². The topological polar surface area (TPSA) is 55.4 Å². The maximum Gasteiger partial charge on any atom is 0.305 e. The van der Waals surface area contributed by atoms with Crippen LogP contribution in [-0.4, -0.2) is 19.0 Å². The first-order chi connectivity index (χ1) is 9.20. The van der Waals surface area contributed by atoms with Gasteiger partial charge in [0.2, 0.25) is 5.91 Å². The van der Waals surface area contributed by atoms with Crippen LogP contribution < -0.4 is 5.32 Å². The second kappa shape index (κ2) is 6.70. The highest BCUT2D eigenvalue weighted by Crippen LogP contribution is 2.33. The van der Waals surface area contributed by atoms with Gasteiger partial charge in [-0.05, 0) is 42.7 Å². The van der Waals surface area contributed by atoms with Crippen molar-refractivity contribution in [3.05, 3.63) is 21.9 Å². The summed E-state index contributed by atoms with van der Waals surface area (Å²) in [4.78, 5) is 24.2. The van der Waals surface area contributed by atoms with Crippen LogP contribution in [0, 0.1) is 0 Å². The van der Waals surface area contributed by atoms with Crippen LogP contribution in [0.1, 0.15) is 48.6 Å². The van der Waals surface area contributed by atoms with Crippen molar-refractivity contribution in [3.63, 3.8) is 0 Å². The highest BCUT2D eigenvalue weighted by molar-refractivity contribution is 7.10. The molecule has 0 saturated heterocycles. The van der Waals surface area contributed by atoms with E-state index in [0.29, 0.717) is 19.3 Å². The fraction of sp³-hybridized carbons (Fsp3) is 0.571. The fourth-order valence-electron chi connectivity index (χ4n) is 2.40. The van der Waals surface area contributed by atoms with Crippen molar-refractivity contribution >= 4 is 23.2 Å². The third kappa shape index (κ3) is 3.80. The van der Waals surface area contributed by atoms with Crippen LogP contribution in [0.2, 0.25) is 0 Å². The second-order valence-corrected chi connectivity index (χ2v) is 5.74. The Labute approximate surface area is 117 Å². The summed E-state index contributed by atoms with van der Waals surface area (Å²) in [5.41, 5.74) is 1.28. The Morgan fingerprint density at radius 3 is 3.11 bits per heavy atom. The third-order valence-corrected chi connectivity index (χ3v) is 4.40. The molecule has 4 nitrogen and oxygen atoms in total. The number of fused-ring (bicyclic) bond motifs is 1.